The Morgan fingerprint density at radius 2 is 1.79 bits per heavy atom. The molecule has 0 atom stereocenters. The molecular weight excluding hydrogens is 347 g/mol. The molecule has 0 aliphatic carbocycles. The van der Waals surface area contributed by atoms with Crippen molar-refractivity contribution in [2.24, 2.45) is 5.10 Å². The predicted molar refractivity (Wildman–Crippen MR) is 98.1 cm³/mol. The normalized spacial score (nSPS) is 11.2. The second kappa shape index (κ2) is 8.71. The van der Waals surface area contributed by atoms with Gasteiger partial charge >= 0.3 is 0 Å². The zero-order valence-corrected chi connectivity index (χ0v) is 15.0. The maximum atomic E-state index is 11.9. The zero-order chi connectivity index (χ0) is 17.5. The second-order valence-corrected chi connectivity index (χ2v) is 6.03. The molecule has 24 heavy (non-hydrogen) atoms. The van der Waals surface area contributed by atoms with Gasteiger partial charge in [-0.05, 0) is 54.8 Å². The van der Waals surface area contributed by atoms with Gasteiger partial charge in [-0.1, -0.05) is 42.3 Å². The smallest absolute Gasteiger partial charge is 0.277 e. The van der Waals surface area contributed by atoms with E-state index in [2.05, 4.69) is 10.5 Å². The Balaban J connectivity index is 1.94. The summed E-state index contributed by atoms with van der Waals surface area (Å²) in [6.45, 7) is 3.71. The Labute approximate surface area is 151 Å². The average Bonchev–Trinajstić information content (AvgIpc) is 2.56. The Hall–Kier alpha value is -2.04. The zero-order valence-electron chi connectivity index (χ0n) is 13.5. The van der Waals surface area contributed by atoms with Crippen molar-refractivity contribution in [2.45, 2.75) is 20.3 Å². The topological polar surface area (TPSA) is 50.7 Å². The van der Waals surface area contributed by atoms with Crippen LogP contribution < -0.4 is 10.2 Å². The van der Waals surface area contributed by atoms with Crippen LogP contribution in [0.5, 0.6) is 5.75 Å². The molecule has 6 heteroatoms. The van der Waals surface area contributed by atoms with Gasteiger partial charge in [-0.2, -0.15) is 5.10 Å². The van der Waals surface area contributed by atoms with Crippen molar-refractivity contribution < 1.29 is 9.53 Å². The standard InChI is InChI=1S/C18H18Cl2N2O2/c1-3-16(13-4-6-14(19)7-5-13)21-22-18(23)11-24-17-9-8-15(20)10-12(17)2/h4-10H,3,11H2,1-2H3,(H,22,23)/b21-16+. The Morgan fingerprint density at radius 1 is 1.12 bits per heavy atom. The highest BCUT2D eigenvalue weighted by molar-refractivity contribution is 6.31. The third kappa shape index (κ3) is 5.25. The molecular formula is C18H18Cl2N2O2. The molecule has 0 unspecified atom stereocenters. The third-order valence-electron chi connectivity index (χ3n) is 3.32. The van der Waals surface area contributed by atoms with E-state index in [1.165, 1.54) is 0 Å². The fraction of sp³-hybridized carbons (Fsp3) is 0.222. The van der Waals surface area contributed by atoms with E-state index < -0.39 is 0 Å². The Kier molecular flexibility index (Phi) is 6.64. The van der Waals surface area contributed by atoms with Gasteiger partial charge in [0.1, 0.15) is 5.75 Å². The quantitative estimate of drug-likeness (QED) is 0.600. The van der Waals surface area contributed by atoms with Gasteiger partial charge in [0.05, 0.1) is 5.71 Å². The maximum absolute atomic E-state index is 11.9. The number of nitrogens with zero attached hydrogens (tertiary/aromatic N) is 1. The number of carbonyl (C=O) groups excluding carboxylic acids is 1. The number of hydrogen-bond donors (Lipinski definition) is 1. The van der Waals surface area contributed by atoms with Crippen LogP contribution in [0.2, 0.25) is 10.0 Å². The van der Waals surface area contributed by atoms with Crippen molar-refractivity contribution in [3.63, 3.8) is 0 Å². The molecule has 0 aromatic heterocycles. The molecule has 0 aliphatic rings. The largest absolute Gasteiger partial charge is 0.483 e. The van der Waals surface area contributed by atoms with Gasteiger partial charge < -0.3 is 4.74 Å². The molecule has 2 rings (SSSR count). The van der Waals surface area contributed by atoms with E-state index in [1.54, 1.807) is 30.3 Å². The van der Waals surface area contributed by atoms with Crippen LogP contribution in [0.15, 0.2) is 47.6 Å². The fourth-order valence-corrected chi connectivity index (χ4v) is 2.42. The highest BCUT2D eigenvalue weighted by Gasteiger charge is 2.06. The van der Waals surface area contributed by atoms with E-state index in [0.717, 1.165) is 16.8 Å². The number of carbonyl (C=O) groups is 1. The first kappa shape index (κ1) is 18.3. The summed E-state index contributed by atoms with van der Waals surface area (Å²) in [5.41, 5.74) is 5.06. The summed E-state index contributed by atoms with van der Waals surface area (Å²) in [4.78, 5) is 11.9. The predicted octanol–water partition coefficient (Wildman–Crippen LogP) is 4.61. The maximum Gasteiger partial charge on any atom is 0.277 e. The minimum Gasteiger partial charge on any atom is -0.483 e. The highest BCUT2D eigenvalue weighted by Crippen LogP contribution is 2.21. The lowest BCUT2D eigenvalue weighted by molar-refractivity contribution is -0.123. The number of hydrazone groups is 1. The van der Waals surface area contributed by atoms with E-state index in [1.807, 2.05) is 26.0 Å². The lowest BCUT2D eigenvalue weighted by Crippen LogP contribution is -2.26. The molecule has 0 aliphatic heterocycles. The summed E-state index contributed by atoms with van der Waals surface area (Å²) in [6, 6.07) is 12.5. The Morgan fingerprint density at radius 3 is 2.42 bits per heavy atom. The van der Waals surface area contributed by atoms with Crippen molar-refractivity contribution in [1.82, 2.24) is 5.43 Å². The van der Waals surface area contributed by atoms with Gasteiger partial charge in [-0.3, -0.25) is 4.79 Å². The van der Waals surface area contributed by atoms with Crippen molar-refractivity contribution in [3.8, 4) is 5.75 Å². The van der Waals surface area contributed by atoms with Gasteiger partial charge in [0, 0.05) is 10.0 Å². The summed E-state index contributed by atoms with van der Waals surface area (Å²) < 4.78 is 5.48. The number of benzene rings is 2. The first-order valence-corrected chi connectivity index (χ1v) is 8.25. The molecule has 0 heterocycles. The van der Waals surface area contributed by atoms with Crippen molar-refractivity contribution in [2.75, 3.05) is 6.61 Å². The van der Waals surface area contributed by atoms with Crippen molar-refractivity contribution in [1.29, 1.82) is 0 Å². The number of ether oxygens (including phenoxy) is 1. The van der Waals surface area contributed by atoms with Crippen molar-refractivity contribution >= 4 is 34.8 Å². The van der Waals surface area contributed by atoms with E-state index in [-0.39, 0.29) is 12.5 Å². The van der Waals surface area contributed by atoms with Crippen LogP contribution in [0.3, 0.4) is 0 Å². The van der Waals surface area contributed by atoms with Crippen LogP contribution in [0.4, 0.5) is 0 Å². The van der Waals surface area contributed by atoms with Gasteiger partial charge in [0.15, 0.2) is 6.61 Å². The summed E-state index contributed by atoms with van der Waals surface area (Å²) in [7, 11) is 0. The second-order valence-electron chi connectivity index (χ2n) is 5.15. The van der Waals surface area contributed by atoms with Crippen LogP contribution in [0, 0.1) is 6.92 Å². The highest BCUT2D eigenvalue weighted by atomic mass is 35.5. The molecule has 1 N–H and O–H groups in total. The summed E-state index contributed by atoms with van der Waals surface area (Å²) in [5.74, 6) is 0.288. The van der Waals surface area contributed by atoms with Crippen molar-refractivity contribution in [3.05, 3.63) is 63.6 Å². The molecule has 4 nitrogen and oxygen atoms in total. The van der Waals surface area contributed by atoms with Crippen LogP contribution in [-0.4, -0.2) is 18.2 Å². The molecule has 0 bridgehead atoms. The molecule has 1 amide bonds. The van der Waals surface area contributed by atoms with E-state index >= 15 is 0 Å². The summed E-state index contributed by atoms with van der Waals surface area (Å²) in [6.07, 6.45) is 0.680. The summed E-state index contributed by atoms with van der Waals surface area (Å²) in [5, 5.41) is 5.45. The molecule has 0 fully saturated rings. The van der Waals surface area contributed by atoms with Crippen LogP contribution in [-0.2, 0) is 4.79 Å². The molecule has 126 valence electrons. The number of nitrogens with one attached hydrogen (secondary N) is 1. The fourth-order valence-electron chi connectivity index (χ4n) is 2.07. The molecule has 0 radical (unpaired) electrons. The van der Waals surface area contributed by atoms with Crippen LogP contribution in [0.1, 0.15) is 24.5 Å². The minimum absolute atomic E-state index is 0.121. The lowest BCUT2D eigenvalue weighted by Gasteiger charge is -2.09. The molecule has 0 spiro atoms. The molecule has 0 saturated carbocycles. The van der Waals surface area contributed by atoms with E-state index in [9.17, 15) is 4.79 Å². The van der Waals surface area contributed by atoms with Crippen LogP contribution in [0.25, 0.3) is 0 Å². The van der Waals surface area contributed by atoms with Gasteiger partial charge in [-0.25, -0.2) is 5.43 Å². The third-order valence-corrected chi connectivity index (χ3v) is 3.81. The first-order chi connectivity index (χ1) is 11.5. The monoisotopic (exact) mass is 364 g/mol. The van der Waals surface area contributed by atoms with Gasteiger partial charge in [-0.15, -0.1) is 0 Å². The minimum atomic E-state index is -0.329. The molecule has 2 aromatic rings. The lowest BCUT2D eigenvalue weighted by atomic mass is 10.1. The average molecular weight is 365 g/mol. The number of hydrogen-bond acceptors (Lipinski definition) is 3. The molecule has 0 saturated heterocycles. The SMILES string of the molecule is CC/C(=N\NC(=O)COc1ccc(Cl)cc1C)c1ccc(Cl)cc1. The van der Waals surface area contributed by atoms with Gasteiger partial charge in [0.2, 0.25) is 0 Å². The number of halogens is 2. The Bertz CT molecular complexity index is 743. The first-order valence-electron chi connectivity index (χ1n) is 7.50. The van der Waals surface area contributed by atoms with Gasteiger partial charge in [0.25, 0.3) is 5.91 Å². The number of aryl methyl sites for hydroxylation is 1. The number of rotatable bonds is 6. The summed E-state index contributed by atoms with van der Waals surface area (Å²) >= 11 is 11.8. The van der Waals surface area contributed by atoms with E-state index in [4.69, 9.17) is 27.9 Å². The van der Waals surface area contributed by atoms with Crippen LogP contribution >= 0.6 is 23.2 Å². The number of amides is 1. The molecule has 2 aromatic carbocycles. The van der Waals surface area contributed by atoms with E-state index in [0.29, 0.717) is 22.2 Å².